The summed E-state index contributed by atoms with van der Waals surface area (Å²) in [4.78, 5) is 23.4. The smallest absolute Gasteiger partial charge is 0.330 e. The summed E-state index contributed by atoms with van der Waals surface area (Å²) >= 11 is 0. The summed E-state index contributed by atoms with van der Waals surface area (Å²) in [6.45, 7) is 4.23. The third kappa shape index (κ3) is 8.08. The number of nitrogens with zero attached hydrogens (tertiary/aromatic N) is 6. The normalized spacial score (nSPS) is 23.0. The highest BCUT2D eigenvalue weighted by Crippen LogP contribution is 2.29. The van der Waals surface area contributed by atoms with Gasteiger partial charge in [0, 0.05) is 13.0 Å². The molecular formula is C15H29N9O6S. The number of unbranched alkanes of at least 4 members (excludes halogenated alkanes) is 1. The fourth-order valence-corrected chi connectivity index (χ4v) is 3.93. The lowest BCUT2D eigenvalue weighted by atomic mass is 10.1. The van der Waals surface area contributed by atoms with Crippen molar-refractivity contribution in [2.24, 2.45) is 5.73 Å². The first-order chi connectivity index (χ1) is 14.7. The van der Waals surface area contributed by atoms with Crippen molar-refractivity contribution in [2.75, 3.05) is 19.6 Å². The molecule has 3 atom stereocenters. The van der Waals surface area contributed by atoms with Crippen LogP contribution < -0.4 is 16.6 Å². The zero-order valence-electron chi connectivity index (χ0n) is 17.3. The molecule has 2 aliphatic heterocycles. The molecule has 3 rings (SSSR count). The summed E-state index contributed by atoms with van der Waals surface area (Å²) in [5, 5.41) is 12.4. The Morgan fingerprint density at radius 2 is 2.19 bits per heavy atom. The summed E-state index contributed by atoms with van der Waals surface area (Å²) in [7, 11) is -4.38. The lowest BCUT2D eigenvalue weighted by Gasteiger charge is -2.22. The second-order valence-corrected chi connectivity index (χ2v) is 8.10. The molecule has 0 aromatic carbocycles. The molecule has 2 fully saturated rings. The molecule has 0 radical (unpaired) electrons. The third-order valence-corrected chi connectivity index (χ3v) is 5.25. The molecule has 1 aromatic rings. The van der Waals surface area contributed by atoms with Gasteiger partial charge in [0.15, 0.2) is 5.82 Å². The van der Waals surface area contributed by atoms with Crippen LogP contribution in [-0.4, -0.2) is 87.3 Å². The van der Waals surface area contributed by atoms with Gasteiger partial charge >= 0.3 is 10.4 Å². The third-order valence-electron chi connectivity index (χ3n) is 4.89. The highest BCUT2D eigenvalue weighted by atomic mass is 32.3. The van der Waals surface area contributed by atoms with Crippen molar-refractivity contribution in [2.45, 2.75) is 57.8 Å². The van der Waals surface area contributed by atoms with E-state index in [1.807, 2.05) is 6.92 Å². The number of aryl methyl sites for hydroxylation is 1. The summed E-state index contributed by atoms with van der Waals surface area (Å²) < 4.78 is 35.7. The maximum absolute atomic E-state index is 11.3. The summed E-state index contributed by atoms with van der Waals surface area (Å²) in [6.07, 6.45) is 4.66. The average molecular weight is 464 g/mol. The number of carbonyl (C=O) groups excluding carboxylic acids is 2. The van der Waals surface area contributed by atoms with Crippen LogP contribution in [0.4, 0.5) is 0 Å². The number of hydrogen-bond acceptors (Lipinski definition) is 11. The lowest BCUT2D eigenvalue weighted by molar-refractivity contribution is -0.125. The number of aromatic nitrogens is 4. The van der Waals surface area contributed by atoms with Crippen LogP contribution >= 0.6 is 0 Å². The van der Waals surface area contributed by atoms with Gasteiger partial charge in [-0.2, -0.15) is 12.7 Å². The maximum Gasteiger partial charge on any atom is 0.413 e. The van der Waals surface area contributed by atoms with Crippen molar-refractivity contribution in [3.63, 3.8) is 0 Å². The lowest BCUT2D eigenvalue weighted by Crippen LogP contribution is -2.38. The molecule has 0 aliphatic carbocycles. The van der Waals surface area contributed by atoms with Crippen molar-refractivity contribution in [3.8, 4) is 0 Å². The molecule has 16 heteroatoms. The van der Waals surface area contributed by atoms with Gasteiger partial charge in [-0.15, -0.1) is 10.2 Å². The van der Waals surface area contributed by atoms with E-state index in [9.17, 15) is 18.0 Å². The minimum absolute atomic E-state index is 0.0359. The highest BCUT2D eigenvalue weighted by Gasteiger charge is 2.42. The molecule has 2 aliphatic rings. The topological polar surface area (TPSA) is 198 Å². The van der Waals surface area contributed by atoms with Crippen molar-refractivity contribution >= 4 is 22.7 Å². The molecule has 2 saturated heterocycles. The van der Waals surface area contributed by atoms with Crippen LogP contribution in [-0.2, 0) is 37.2 Å². The zero-order valence-corrected chi connectivity index (χ0v) is 18.1. The van der Waals surface area contributed by atoms with Crippen molar-refractivity contribution in [3.05, 3.63) is 5.82 Å². The predicted molar refractivity (Wildman–Crippen MR) is 106 cm³/mol. The van der Waals surface area contributed by atoms with Crippen LogP contribution in [0.1, 0.15) is 38.4 Å². The summed E-state index contributed by atoms with van der Waals surface area (Å²) in [6, 6.07) is 0.0840. The number of nitrogens with one attached hydrogen (secondary N) is 2. The van der Waals surface area contributed by atoms with E-state index in [4.69, 9.17) is 10.3 Å². The Hall–Kier alpha value is -2.24. The second-order valence-electron chi connectivity index (χ2n) is 7.09. The van der Waals surface area contributed by atoms with Crippen LogP contribution in [0, 0.1) is 0 Å². The Bertz CT molecular complexity index is 818. The number of hydrazine groups is 1. The monoisotopic (exact) mass is 463 g/mol. The van der Waals surface area contributed by atoms with Gasteiger partial charge in [0.05, 0.1) is 12.2 Å². The van der Waals surface area contributed by atoms with E-state index in [1.165, 1.54) is 9.75 Å². The van der Waals surface area contributed by atoms with Gasteiger partial charge in [0.25, 0.3) is 5.91 Å². The molecule has 1 aromatic heterocycles. The number of rotatable bonds is 10. The predicted octanol–water partition coefficient (Wildman–Crippen LogP) is -2.42. The highest BCUT2D eigenvalue weighted by molar-refractivity contribution is 7.80. The molecule has 31 heavy (non-hydrogen) atoms. The number of amides is 2. The fourth-order valence-electron chi connectivity index (χ4n) is 3.47. The Morgan fingerprint density at radius 1 is 1.42 bits per heavy atom. The van der Waals surface area contributed by atoms with Crippen LogP contribution in [0.15, 0.2) is 0 Å². The average Bonchev–Trinajstić information content (AvgIpc) is 3.24. The number of hydrogen-bond donors (Lipinski definition) is 4. The molecule has 0 saturated carbocycles. The molecule has 15 nitrogen and oxygen atoms in total. The molecule has 3 unspecified atom stereocenters. The van der Waals surface area contributed by atoms with Gasteiger partial charge in [0.1, 0.15) is 6.54 Å². The molecule has 176 valence electrons. The number of hydroxylamine groups is 2. The Morgan fingerprint density at radius 3 is 2.84 bits per heavy atom. The van der Waals surface area contributed by atoms with Crippen molar-refractivity contribution < 1.29 is 26.8 Å². The first kappa shape index (κ1) is 25.0. The van der Waals surface area contributed by atoms with E-state index < -0.39 is 16.3 Å². The second kappa shape index (κ2) is 12.0. The minimum atomic E-state index is -4.38. The Balaban J connectivity index is 0.000000224. The van der Waals surface area contributed by atoms with Gasteiger partial charge < -0.3 is 5.73 Å². The standard InChI is InChI=1S/C8H15N7O2.C7H14N2O4S/c9-4-2-1-3-7-11-13-14-15(7)5-8(17)12-10-6-16;1-6-8-4-2-3-7(5-8)9(6)13-14(10,11)12/h6H,1-5,9H2,(H,10,16)(H,12,17);6-7H,2-5H2,1H3,(H,10,11,12). The molecule has 0 spiro atoms. The first-order valence-corrected chi connectivity index (χ1v) is 11.2. The molecular weight excluding hydrogens is 434 g/mol. The SMILES string of the molecule is CC1N2CCCC(C2)N1OS(=O)(=O)O.NCCCCc1nnnn1CC(=O)NNC=O. The Labute approximate surface area is 180 Å². The van der Waals surface area contributed by atoms with Gasteiger partial charge in [-0.3, -0.25) is 29.9 Å². The van der Waals surface area contributed by atoms with E-state index in [0.29, 0.717) is 25.2 Å². The van der Waals surface area contributed by atoms with E-state index in [1.54, 1.807) is 0 Å². The van der Waals surface area contributed by atoms with E-state index >= 15 is 0 Å². The van der Waals surface area contributed by atoms with Crippen LogP contribution in [0.2, 0.25) is 0 Å². The minimum Gasteiger partial charge on any atom is -0.330 e. The molecule has 2 bridgehead atoms. The van der Waals surface area contributed by atoms with Crippen LogP contribution in [0.3, 0.4) is 0 Å². The van der Waals surface area contributed by atoms with E-state index in [0.717, 1.165) is 38.8 Å². The molecule has 3 heterocycles. The molecule has 5 N–H and O–H groups in total. The summed E-state index contributed by atoms with van der Waals surface area (Å²) in [5.41, 5.74) is 9.60. The number of fused-ring (bicyclic) bond motifs is 2. The maximum atomic E-state index is 11.3. The van der Waals surface area contributed by atoms with E-state index in [-0.39, 0.29) is 18.8 Å². The summed E-state index contributed by atoms with van der Waals surface area (Å²) in [5.74, 6) is 0.226. The van der Waals surface area contributed by atoms with Gasteiger partial charge in [0.2, 0.25) is 6.41 Å². The first-order valence-electron chi connectivity index (χ1n) is 9.87. The number of nitrogens with two attached hydrogens (primary N) is 1. The number of carbonyl (C=O) groups is 2. The van der Waals surface area contributed by atoms with E-state index in [2.05, 4.69) is 35.6 Å². The van der Waals surface area contributed by atoms with Gasteiger partial charge in [-0.05, 0) is 56.1 Å². The van der Waals surface area contributed by atoms with Gasteiger partial charge in [-0.25, -0.2) is 4.68 Å². The molecule has 2 amide bonds. The zero-order chi connectivity index (χ0) is 22.9. The van der Waals surface area contributed by atoms with Crippen LogP contribution in [0.5, 0.6) is 0 Å². The van der Waals surface area contributed by atoms with Crippen molar-refractivity contribution in [1.29, 1.82) is 0 Å². The van der Waals surface area contributed by atoms with Crippen LogP contribution in [0.25, 0.3) is 0 Å². The Kier molecular flexibility index (Phi) is 9.66. The number of piperidine rings is 1. The largest absolute Gasteiger partial charge is 0.413 e. The van der Waals surface area contributed by atoms with Gasteiger partial charge in [-0.1, -0.05) is 0 Å². The van der Waals surface area contributed by atoms with Crippen molar-refractivity contribution in [1.82, 2.24) is 41.0 Å². The fraction of sp³-hybridized carbons (Fsp3) is 0.800. The quantitative estimate of drug-likeness (QED) is 0.124. The number of tetrazole rings is 1.